The molecule has 0 unspecified atom stereocenters. The van der Waals surface area contributed by atoms with E-state index in [0.29, 0.717) is 5.02 Å². The molecule has 2 aromatic carbocycles. The number of hydrogen-bond donors (Lipinski definition) is 1. The molecule has 1 amide bonds. The Balaban J connectivity index is 2.09. The van der Waals surface area contributed by atoms with E-state index in [-0.39, 0.29) is 24.7 Å². The molecule has 0 aromatic heterocycles. The summed E-state index contributed by atoms with van der Waals surface area (Å²) < 4.78 is 9.86. The summed E-state index contributed by atoms with van der Waals surface area (Å²) in [4.78, 5) is 25.7. The average molecular weight is 403 g/mol. The highest BCUT2D eigenvalue weighted by Gasteiger charge is 2.22. The second-order valence-corrected chi connectivity index (χ2v) is 6.60. The molecule has 2 rings (SSSR count). The molecule has 0 spiro atoms. The fraction of sp³-hybridized carbons (Fsp3) is 0.238. The molecule has 28 heavy (non-hydrogen) atoms. The number of ether oxygens (including phenoxy) is 2. The number of halogens is 1. The van der Waals surface area contributed by atoms with E-state index >= 15 is 0 Å². The predicted molar refractivity (Wildman–Crippen MR) is 110 cm³/mol. The lowest BCUT2D eigenvalue weighted by Crippen LogP contribution is -2.43. The number of para-hydroxylation sites is 1. The Hall–Kier alpha value is -2.83. The standard InChI is InChI=1S/C21H23ClN2O4/c1-4-10-27-21(26)28-16-11-14(2)17(18(22)12-16)13-19(23)20(25)24(3)15-8-6-5-7-9-15/h4-9,11-12,19H,1,10,13,23H2,2-3H3/t19-/m1/s1. The molecule has 0 radical (unpaired) electrons. The molecule has 0 aliphatic heterocycles. The van der Waals surface area contributed by atoms with Gasteiger partial charge in [-0.15, -0.1) is 0 Å². The maximum absolute atomic E-state index is 12.6. The van der Waals surface area contributed by atoms with Crippen molar-refractivity contribution in [3.63, 3.8) is 0 Å². The largest absolute Gasteiger partial charge is 0.514 e. The van der Waals surface area contributed by atoms with Gasteiger partial charge in [0.05, 0.1) is 6.04 Å². The number of anilines is 1. The summed E-state index contributed by atoms with van der Waals surface area (Å²) in [6, 6.07) is 11.6. The van der Waals surface area contributed by atoms with E-state index in [2.05, 4.69) is 6.58 Å². The summed E-state index contributed by atoms with van der Waals surface area (Å²) in [6.45, 7) is 5.31. The van der Waals surface area contributed by atoms with Crippen LogP contribution in [0.5, 0.6) is 5.75 Å². The Morgan fingerprint density at radius 3 is 2.57 bits per heavy atom. The predicted octanol–water partition coefficient (Wildman–Crippen LogP) is 3.88. The monoisotopic (exact) mass is 402 g/mol. The van der Waals surface area contributed by atoms with Gasteiger partial charge in [-0.05, 0) is 48.7 Å². The lowest BCUT2D eigenvalue weighted by Gasteiger charge is -2.22. The average Bonchev–Trinajstić information content (AvgIpc) is 2.68. The highest BCUT2D eigenvalue weighted by atomic mass is 35.5. The van der Waals surface area contributed by atoms with Crippen molar-refractivity contribution in [2.75, 3.05) is 18.6 Å². The van der Waals surface area contributed by atoms with Crippen molar-refractivity contribution >= 4 is 29.4 Å². The number of carbonyl (C=O) groups is 2. The first-order chi connectivity index (χ1) is 13.3. The molecule has 0 saturated carbocycles. The van der Waals surface area contributed by atoms with E-state index < -0.39 is 12.2 Å². The van der Waals surface area contributed by atoms with E-state index in [1.54, 1.807) is 20.0 Å². The van der Waals surface area contributed by atoms with Crippen molar-refractivity contribution < 1.29 is 19.1 Å². The molecular weight excluding hydrogens is 380 g/mol. The van der Waals surface area contributed by atoms with Gasteiger partial charge < -0.3 is 20.1 Å². The molecule has 0 saturated heterocycles. The topological polar surface area (TPSA) is 81.9 Å². The Morgan fingerprint density at radius 1 is 1.29 bits per heavy atom. The molecule has 0 aliphatic carbocycles. The number of hydrogen-bond acceptors (Lipinski definition) is 5. The third kappa shape index (κ3) is 5.58. The third-order valence-corrected chi connectivity index (χ3v) is 4.46. The molecule has 7 heteroatoms. The van der Waals surface area contributed by atoms with Crippen molar-refractivity contribution in [3.8, 4) is 5.75 Å². The Morgan fingerprint density at radius 2 is 1.96 bits per heavy atom. The van der Waals surface area contributed by atoms with Gasteiger partial charge in [0.2, 0.25) is 5.91 Å². The van der Waals surface area contributed by atoms with Gasteiger partial charge in [-0.2, -0.15) is 0 Å². The second-order valence-electron chi connectivity index (χ2n) is 6.20. The molecule has 1 atom stereocenters. The number of benzene rings is 2. The van der Waals surface area contributed by atoms with Crippen molar-refractivity contribution in [1.82, 2.24) is 0 Å². The highest BCUT2D eigenvalue weighted by Crippen LogP contribution is 2.28. The van der Waals surface area contributed by atoms with E-state index in [1.807, 2.05) is 30.3 Å². The molecule has 2 N–H and O–H groups in total. The van der Waals surface area contributed by atoms with Crippen LogP contribution in [-0.2, 0) is 16.0 Å². The first-order valence-electron chi connectivity index (χ1n) is 8.66. The number of nitrogens with zero attached hydrogens (tertiary/aromatic N) is 1. The first-order valence-corrected chi connectivity index (χ1v) is 9.04. The molecule has 0 bridgehead atoms. The molecule has 148 valence electrons. The summed E-state index contributed by atoms with van der Waals surface area (Å²) in [5, 5.41) is 0.358. The van der Waals surface area contributed by atoms with Gasteiger partial charge in [0.15, 0.2) is 0 Å². The summed E-state index contributed by atoms with van der Waals surface area (Å²) in [6.07, 6.45) is 0.842. The van der Waals surface area contributed by atoms with E-state index in [0.717, 1.165) is 16.8 Å². The van der Waals surface area contributed by atoms with Gasteiger partial charge in [-0.1, -0.05) is 42.5 Å². The molecule has 2 aromatic rings. The SMILES string of the molecule is C=CCOC(=O)Oc1cc(C)c(C[C@@H](N)C(=O)N(C)c2ccccc2)c(Cl)c1. The van der Waals surface area contributed by atoms with Crippen LogP contribution in [0.1, 0.15) is 11.1 Å². The van der Waals surface area contributed by atoms with Crippen LogP contribution in [0.4, 0.5) is 10.5 Å². The number of rotatable bonds is 7. The minimum atomic E-state index is -0.848. The van der Waals surface area contributed by atoms with Gasteiger partial charge in [0, 0.05) is 17.8 Å². The van der Waals surface area contributed by atoms with Gasteiger partial charge in [-0.3, -0.25) is 4.79 Å². The van der Waals surface area contributed by atoms with Crippen LogP contribution in [0, 0.1) is 6.92 Å². The summed E-state index contributed by atoms with van der Waals surface area (Å²) in [5.41, 5.74) is 8.36. The van der Waals surface area contributed by atoms with Crippen molar-refractivity contribution in [2.45, 2.75) is 19.4 Å². The van der Waals surface area contributed by atoms with Crippen LogP contribution >= 0.6 is 11.6 Å². The molecule has 0 aliphatic rings. The zero-order valence-electron chi connectivity index (χ0n) is 15.9. The van der Waals surface area contributed by atoms with Crippen LogP contribution in [-0.4, -0.2) is 31.8 Å². The van der Waals surface area contributed by atoms with Crippen LogP contribution in [0.15, 0.2) is 55.1 Å². The van der Waals surface area contributed by atoms with Crippen LogP contribution in [0.3, 0.4) is 0 Å². The van der Waals surface area contributed by atoms with Gasteiger partial charge in [-0.25, -0.2) is 4.79 Å². The van der Waals surface area contributed by atoms with Crippen LogP contribution < -0.4 is 15.4 Å². The maximum atomic E-state index is 12.6. The van der Waals surface area contributed by atoms with Gasteiger partial charge in [0.25, 0.3) is 0 Å². The molecule has 6 nitrogen and oxygen atoms in total. The minimum absolute atomic E-state index is 0.0511. The summed E-state index contributed by atoms with van der Waals surface area (Å²) in [7, 11) is 1.68. The van der Waals surface area contributed by atoms with Gasteiger partial charge in [0.1, 0.15) is 12.4 Å². The van der Waals surface area contributed by atoms with E-state index in [9.17, 15) is 9.59 Å². The zero-order valence-corrected chi connectivity index (χ0v) is 16.6. The number of nitrogens with two attached hydrogens (primary N) is 1. The number of carbonyl (C=O) groups excluding carboxylic acids is 2. The highest BCUT2D eigenvalue weighted by molar-refractivity contribution is 6.31. The minimum Gasteiger partial charge on any atom is -0.430 e. The van der Waals surface area contributed by atoms with E-state index in [4.69, 9.17) is 26.8 Å². The smallest absolute Gasteiger partial charge is 0.430 e. The molecular formula is C21H23ClN2O4. The Kier molecular flexibility index (Phi) is 7.61. The number of likely N-dealkylation sites (N-methyl/N-ethyl adjacent to an activating group) is 1. The van der Waals surface area contributed by atoms with Crippen LogP contribution in [0.25, 0.3) is 0 Å². The number of aryl methyl sites for hydroxylation is 1. The lowest BCUT2D eigenvalue weighted by atomic mass is 10.00. The Labute approximate surface area is 169 Å². The zero-order chi connectivity index (χ0) is 20.7. The summed E-state index contributed by atoms with van der Waals surface area (Å²) >= 11 is 6.34. The van der Waals surface area contributed by atoms with Gasteiger partial charge >= 0.3 is 6.16 Å². The van der Waals surface area contributed by atoms with Crippen molar-refractivity contribution in [2.24, 2.45) is 5.73 Å². The van der Waals surface area contributed by atoms with Crippen LogP contribution in [0.2, 0.25) is 5.02 Å². The second kappa shape index (κ2) is 9.92. The first kappa shape index (κ1) is 21.5. The van der Waals surface area contributed by atoms with Crippen molar-refractivity contribution in [1.29, 1.82) is 0 Å². The lowest BCUT2D eigenvalue weighted by molar-refractivity contribution is -0.119. The molecule has 0 fully saturated rings. The maximum Gasteiger partial charge on any atom is 0.514 e. The summed E-state index contributed by atoms with van der Waals surface area (Å²) in [5.74, 6) is 0.0246. The van der Waals surface area contributed by atoms with Crippen molar-refractivity contribution in [3.05, 3.63) is 71.3 Å². The fourth-order valence-corrected chi connectivity index (χ4v) is 2.98. The van der Waals surface area contributed by atoms with E-state index in [1.165, 1.54) is 17.0 Å². The molecule has 0 heterocycles. The third-order valence-electron chi connectivity index (χ3n) is 4.13. The normalized spacial score (nSPS) is 11.4. The Bertz CT molecular complexity index is 832. The fourth-order valence-electron chi connectivity index (χ4n) is 2.65. The quantitative estimate of drug-likeness (QED) is 0.431. The number of amides is 1.